The van der Waals surface area contributed by atoms with E-state index in [1.54, 1.807) is 22.5 Å². The van der Waals surface area contributed by atoms with Gasteiger partial charge in [0.05, 0.1) is 4.90 Å². The minimum atomic E-state index is -3.48. The van der Waals surface area contributed by atoms with Crippen LogP contribution in [-0.4, -0.2) is 48.9 Å². The van der Waals surface area contributed by atoms with Gasteiger partial charge in [-0.3, -0.25) is 0 Å². The Morgan fingerprint density at radius 1 is 1.08 bits per heavy atom. The molecule has 1 aromatic carbocycles. The van der Waals surface area contributed by atoms with E-state index >= 15 is 0 Å². The first kappa shape index (κ1) is 19.3. The maximum Gasteiger partial charge on any atom is 0.243 e. The summed E-state index contributed by atoms with van der Waals surface area (Å²) < 4.78 is 28.0. The lowest BCUT2D eigenvalue weighted by Crippen LogP contribution is -2.49. The quantitative estimate of drug-likeness (QED) is 0.732. The Kier molecular flexibility index (Phi) is 5.64. The normalized spacial score (nSPS) is 16.3. The summed E-state index contributed by atoms with van der Waals surface area (Å²) in [4.78, 5) is 11.6. The van der Waals surface area contributed by atoms with Gasteiger partial charge < -0.3 is 4.90 Å². The fourth-order valence-electron chi connectivity index (χ4n) is 2.93. The lowest BCUT2D eigenvalue weighted by atomic mass is 10.2. The predicted octanol–water partition coefficient (Wildman–Crippen LogP) is 3.18. The third-order valence-corrected chi connectivity index (χ3v) is 6.76. The molecule has 1 aliphatic heterocycles. The van der Waals surface area contributed by atoms with Crippen LogP contribution in [0.2, 0.25) is 0 Å². The number of sulfonamides is 1. The minimum Gasteiger partial charge on any atom is -0.354 e. The number of aromatic nitrogens is 2. The van der Waals surface area contributed by atoms with Crippen LogP contribution in [0.15, 0.2) is 39.7 Å². The van der Waals surface area contributed by atoms with E-state index in [1.165, 1.54) is 0 Å². The van der Waals surface area contributed by atoms with E-state index in [1.807, 2.05) is 19.1 Å². The molecule has 0 amide bonds. The zero-order chi connectivity index (χ0) is 18.9. The summed E-state index contributed by atoms with van der Waals surface area (Å²) in [5.74, 6) is 1.96. The molecule has 140 valence electrons. The molecule has 26 heavy (non-hydrogen) atoms. The topological polar surface area (TPSA) is 66.4 Å². The van der Waals surface area contributed by atoms with Crippen molar-refractivity contribution in [2.75, 3.05) is 31.1 Å². The van der Waals surface area contributed by atoms with Crippen LogP contribution in [0.3, 0.4) is 0 Å². The molecular formula is C18H23BrN4O2S. The molecule has 0 bridgehead atoms. The van der Waals surface area contributed by atoms with Crippen molar-refractivity contribution in [1.82, 2.24) is 14.3 Å². The van der Waals surface area contributed by atoms with Gasteiger partial charge in [0.2, 0.25) is 10.0 Å². The number of aryl methyl sites for hydroxylation is 1. The summed E-state index contributed by atoms with van der Waals surface area (Å²) in [6.45, 7) is 8.21. The molecule has 0 N–H and O–H groups in total. The first-order valence-electron chi connectivity index (χ1n) is 8.63. The van der Waals surface area contributed by atoms with Gasteiger partial charge in [0.1, 0.15) is 11.6 Å². The van der Waals surface area contributed by atoms with Crippen molar-refractivity contribution in [2.45, 2.75) is 31.6 Å². The Morgan fingerprint density at radius 2 is 1.77 bits per heavy atom. The number of anilines is 1. The van der Waals surface area contributed by atoms with Crippen molar-refractivity contribution in [1.29, 1.82) is 0 Å². The fraction of sp³-hybridized carbons (Fsp3) is 0.444. The van der Waals surface area contributed by atoms with Crippen LogP contribution < -0.4 is 4.90 Å². The van der Waals surface area contributed by atoms with Gasteiger partial charge in [-0.2, -0.15) is 4.31 Å². The molecule has 1 aliphatic rings. The van der Waals surface area contributed by atoms with E-state index in [2.05, 4.69) is 44.6 Å². The van der Waals surface area contributed by atoms with E-state index in [9.17, 15) is 8.42 Å². The molecule has 1 fully saturated rings. The predicted molar refractivity (Wildman–Crippen MR) is 106 cm³/mol. The minimum absolute atomic E-state index is 0.256. The van der Waals surface area contributed by atoms with Crippen molar-refractivity contribution in [3.63, 3.8) is 0 Å². The lowest BCUT2D eigenvalue weighted by Gasteiger charge is -2.35. The summed E-state index contributed by atoms with van der Waals surface area (Å²) in [7, 11) is -3.48. The molecule has 0 spiro atoms. The maximum atomic E-state index is 12.8. The van der Waals surface area contributed by atoms with Crippen molar-refractivity contribution < 1.29 is 8.42 Å². The number of rotatable bonds is 4. The average molecular weight is 439 g/mol. The third kappa shape index (κ3) is 4.07. The standard InChI is InChI=1S/C18H23BrN4O2S/c1-13(2)18-20-14(3)11-17(21-18)22-7-9-23(10-8-22)26(24,25)16-6-4-5-15(19)12-16/h4-6,11-13H,7-10H2,1-3H3. The van der Waals surface area contributed by atoms with Gasteiger partial charge in [-0.05, 0) is 25.1 Å². The fourth-order valence-corrected chi connectivity index (χ4v) is 4.95. The summed E-state index contributed by atoms with van der Waals surface area (Å²) in [6.07, 6.45) is 0. The van der Waals surface area contributed by atoms with Gasteiger partial charge in [-0.25, -0.2) is 18.4 Å². The van der Waals surface area contributed by atoms with Crippen molar-refractivity contribution in [3.05, 3.63) is 46.3 Å². The zero-order valence-electron chi connectivity index (χ0n) is 15.2. The molecule has 0 atom stereocenters. The Labute approximate surface area is 163 Å². The molecule has 3 rings (SSSR count). The Balaban J connectivity index is 1.75. The SMILES string of the molecule is Cc1cc(N2CCN(S(=O)(=O)c3cccc(Br)c3)CC2)nc(C(C)C)n1. The van der Waals surface area contributed by atoms with Crippen molar-refractivity contribution in [3.8, 4) is 0 Å². The number of halogens is 1. The summed E-state index contributed by atoms with van der Waals surface area (Å²) in [5, 5.41) is 0. The molecule has 8 heteroatoms. The maximum absolute atomic E-state index is 12.8. The molecule has 1 saturated heterocycles. The molecule has 0 saturated carbocycles. The van der Waals surface area contributed by atoms with Gasteiger partial charge in [-0.15, -0.1) is 0 Å². The van der Waals surface area contributed by atoms with E-state index in [4.69, 9.17) is 0 Å². The molecule has 2 heterocycles. The van der Waals surface area contributed by atoms with Gasteiger partial charge in [-0.1, -0.05) is 35.8 Å². The third-order valence-electron chi connectivity index (χ3n) is 4.37. The highest BCUT2D eigenvalue weighted by atomic mass is 79.9. The van der Waals surface area contributed by atoms with Crippen LogP contribution in [0.5, 0.6) is 0 Å². The van der Waals surface area contributed by atoms with Crippen molar-refractivity contribution >= 4 is 31.8 Å². The first-order valence-corrected chi connectivity index (χ1v) is 10.9. The van der Waals surface area contributed by atoms with Crippen LogP contribution in [0.1, 0.15) is 31.3 Å². The van der Waals surface area contributed by atoms with Gasteiger partial charge in [0.25, 0.3) is 0 Å². The average Bonchev–Trinajstić information content (AvgIpc) is 2.61. The van der Waals surface area contributed by atoms with E-state index in [-0.39, 0.29) is 5.92 Å². The molecule has 0 aliphatic carbocycles. The number of hydrogen-bond acceptors (Lipinski definition) is 5. The van der Waals surface area contributed by atoms with Gasteiger partial charge in [0.15, 0.2) is 0 Å². The molecule has 6 nitrogen and oxygen atoms in total. The van der Waals surface area contributed by atoms with Crippen molar-refractivity contribution in [2.24, 2.45) is 0 Å². The number of hydrogen-bond donors (Lipinski definition) is 0. The summed E-state index contributed by atoms with van der Waals surface area (Å²) in [6, 6.07) is 8.80. The smallest absolute Gasteiger partial charge is 0.243 e. The van der Waals surface area contributed by atoms with E-state index in [0.717, 1.165) is 21.8 Å². The van der Waals surface area contributed by atoms with E-state index < -0.39 is 10.0 Å². The van der Waals surface area contributed by atoms with Crippen LogP contribution in [-0.2, 0) is 10.0 Å². The van der Waals surface area contributed by atoms with Crippen LogP contribution in [0, 0.1) is 6.92 Å². The number of piperazine rings is 1. The van der Waals surface area contributed by atoms with Crippen LogP contribution in [0.4, 0.5) is 5.82 Å². The second-order valence-corrected chi connectivity index (χ2v) is 9.58. The Morgan fingerprint density at radius 3 is 2.38 bits per heavy atom. The largest absolute Gasteiger partial charge is 0.354 e. The first-order chi connectivity index (χ1) is 12.3. The summed E-state index contributed by atoms with van der Waals surface area (Å²) >= 11 is 3.34. The second-order valence-electron chi connectivity index (χ2n) is 6.73. The van der Waals surface area contributed by atoms with Crippen LogP contribution >= 0.6 is 15.9 Å². The Bertz CT molecular complexity index is 894. The molecule has 0 radical (unpaired) electrons. The lowest BCUT2D eigenvalue weighted by molar-refractivity contribution is 0.383. The highest BCUT2D eigenvalue weighted by Gasteiger charge is 2.29. The summed E-state index contributed by atoms with van der Waals surface area (Å²) in [5.41, 5.74) is 0.933. The highest BCUT2D eigenvalue weighted by molar-refractivity contribution is 9.10. The monoisotopic (exact) mass is 438 g/mol. The number of nitrogens with zero attached hydrogens (tertiary/aromatic N) is 4. The molecule has 2 aromatic rings. The zero-order valence-corrected chi connectivity index (χ0v) is 17.6. The van der Waals surface area contributed by atoms with Gasteiger partial charge >= 0.3 is 0 Å². The molecular weight excluding hydrogens is 416 g/mol. The van der Waals surface area contributed by atoms with Gasteiger partial charge in [0, 0.05) is 48.3 Å². The number of benzene rings is 1. The second kappa shape index (κ2) is 7.62. The Hall–Kier alpha value is -1.51. The van der Waals surface area contributed by atoms with Crippen LogP contribution in [0.25, 0.3) is 0 Å². The molecule has 0 unspecified atom stereocenters. The van der Waals surface area contributed by atoms with E-state index in [0.29, 0.717) is 31.1 Å². The highest BCUT2D eigenvalue weighted by Crippen LogP contribution is 2.23. The molecule has 1 aromatic heterocycles.